The van der Waals surface area contributed by atoms with E-state index in [9.17, 15) is 14.7 Å². The lowest BCUT2D eigenvalue weighted by atomic mass is 10.2. The maximum atomic E-state index is 12.0. The SMILES string of the molecule is Nc1nc2c(nc(SCCNC(=O)c3ccccc3)n2CCO)c(=O)[nH]1. The van der Waals surface area contributed by atoms with E-state index in [1.54, 1.807) is 28.8 Å². The number of imidazole rings is 1. The molecule has 0 spiro atoms. The predicted molar refractivity (Wildman–Crippen MR) is 99.1 cm³/mol. The number of carbonyl (C=O) groups excluding carboxylic acids is 1. The maximum Gasteiger partial charge on any atom is 0.280 e. The zero-order valence-electron chi connectivity index (χ0n) is 13.8. The number of rotatable bonds is 7. The molecule has 136 valence electrons. The molecule has 0 fully saturated rings. The number of fused-ring (bicyclic) bond motifs is 1. The first kappa shape index (κ1) is 18.0. The molecule has 1 amide bonds. The number of carbonyl (C=O) groups is 1. The van der Waals surface area contributed by atoms with E-state index in [0.29, 0.717) is 28.7 Å². The van der Waals surface area contributed by atoms with E-state index < -0.39 is 5.56 Å². The van der Waals surface area contributed by atoms with Crippen LogP contribution in [0, 0.1) is 0 Å². The Morgan fingerprint density at radius 2 is 2.08 bits per heavy atom. The number of benzene rings is 1. The molecule has 0 aliphatic carbocycles. The van der Waals surface area contributed by atoms with Gasteiger partial charge in [-0.05, 0) is 12.1 Å². The van der Waals surface area contributed by atoms with Crippen molar-refractivity contribution in [2.75, 3.05) is 24.6 Å². The number of amides is 1. The highest BCUT2D eigenvalue weighted by molar-refractivity contribution is 7.99. The number of aromatic nitrogens is 4. The fraction of sp³-hybridized carbons (Fsp3) is 0.250. The van der Waals surface area contributed by atoms with E-state index in [-0.39, 0.29) is 30.5 Å². The highest BCUT2D eigenvalue weighted by Gasteiger charge is 2.15. The lowest BCUT2D eigenvalue weighted by molar-refractivity contribution is 0.0956. The van der Waals surface area contributed by atoms with Gasteiger partial charge in [0.2, 0.25) is 5.95 Å². The average molecular weight is 374 g/mol. The van der Waals surface area contributed by atoms with E-state index in [1.165, 1.54) is 11.8 Å². The summed E-state index contributed by atoms with van der Waals surface area (Å²) in [5.41, 5.74) is 6.25. The first-order valence-corrected chi connectivity index (χ1v) is 8.91. The van der Waals surface area contributed by atoms with Crippen LogP contribution in [0.4, 0.5) is 5.95 Å². The Balaban J connectivity index is 1.69. The lowest BCUT2D eigenvalue weighted by Gasteiger charge is -2.07. The molecule has 0 saturated carbocycles. The van der Waals surface area contributed by atoms with E-state index in [0.717, 1.165) is 0 Å². The molecule has 0 aliphatic rings. The summed E-state index contributed by atoms with van der Waals surface area (Å²) in [7, 11) is 0. The normalized spacial score (nSPS) is 11.0. The topological polar surface area (TPSA) is 139 Å². The molecule has 1 aromatic carbocycles. The van der Waals surface area contributed by atoms with Crippen molar-refractivity contribution in [2.24, 2.45) is 0 Å². The molecule has 0 unspecified atom stereocenters. The Bertz CT molecular complexity index is 969. The van der Waals surface area contributed by atoms with Crippen molar-refractivity contribution in [1.29, 1.82) is 0 Å². The second-order valence-electron chi connectivity index (χ2n) is 5.36. The van der Waals surface area contributed by atoms with Crippen molar-refractivity contribution >= 4 is 34.8 Å². The van der Waals surface area contributed by atoms with Crippen LogP contribution < -0.4 is 16.6 Å². The number of nitrogens with zero attached hydrogens (tertiary/aromatic N) is 3. The van der Waals surface area contributed by atoms with Crippen LogP contribution in [0.5, 0.6) is 0 Å². The van der Waals surface area contributed by atoms with Gasteiger partial charge in [-0.3, -0.25) is 14.6 Å². The van der Waals surface area contributed by atoms with E-state index >= 15 is 0 Å². The fourth-order valence-corrected chi connectivity index (χ4v) is 3.29. The zero-order valence-corrected chi connectivity index (χ0v) is 14.6. The third-order valence-corrected chi connectivity index (χ3v) is 4.55. The molecule has 0 aliphatic heterocycles. The van der Waals surface area contributed by atoms with Gasteiger partial charge in [-0.2, -0.15) is 4.98 Å². The van der Waals surface area contributed by atoms with Crippen molar-refractivity contribution in [3.8, 4) is 0 Å². The number of thioether (sulfide) groups is 1. The van der Waals surface area contributed by atoms with E-state index in [2.05, 4.69) is 20.3 Å². The van der Waals surface area contributed by atoms with E-state index in [4.69, 9.17) is 5.73 Å². The summed E-state index contributed by atoms with van der Waals surface area (Å²) >= 11 is 1.36. The monoisotopic (exact) mass is 374 g/mol. The molecule has 0 radical (unpaired) electrons. The van der Waals surface area contributed by atoms with Crippen molar-refractivity contribution in [2.45, 2.75) is 11.7 Å². The molecular weight excluding hydrogens is 356 g/mol. The van der Waals surface area contributed by atoms with Crippen molar-refractivity contribution in [1.82, 2.24) is 24.8 Å². The molecule has 26 heavy (non-hydrogen) atoms. The number of anilines is 1. The smallest absolute Gasteiger partial charge is 0.280 e. The maximum absolute atomic E-state index is 12.0. The van der Waals surface area contributed by atoms with Gasteiger partial charge in [-0.25, -0.2) is 4.98 Å². The Morgan fingerprint density at radius 3 is 2.81 bits per heavy atom. The summed E-state index contributed by atoms with van der Waals surface area (Å²) in [5, 5.41) is 12.6. The van der Waals surface area contributed by atoms with Crippen molar-refractivity contribution in [3.63, 3.8) is 0 Å². The summed E-state index contributed by atoms with van der Waals surface area (Å²) in [6.07, 6.45) is 0. The minimum atomic E-state index is -0.427. The number of nitrogens with one attached hydrogen (secondary N) is 2. The largest absolute Gasteiger partial charge is 0.395 e. The molecule has 0 saturated heterocycles. The molecule has 5 N–H and O–H groups in total. The van der Waals surface area contributed by atoms with Gasteiger partial charge in [0.05, 0.1) is 6.61 Å². The van der Waals surface area contributed by atoms with Gasteiger partial charge in [0.25, 0.3) is 11.5 Å². The number of aromatic amines is 1. The van der Waals surface area contributed by atoms with Crippen molar-refractivity contribution in [3.05, 3.63) is 46.2 Å². The van der Waals surface area contributed by atoms with Gasteiger partial charge in [0.15, 0.2) is 16.3 Å². The quantitative estimate of drug-likeness (QED) is 0.342. The van der Waals surface area contributed by atoms with Gasteiger partial charge in [-0.1, -0.05) is 30.0 Å². The highest BCUT2D eigenvalue weighted by Crippen LogP contribution is 2.21. The minimum absolute atomic E-state index is 0.00624. The molecule has 2 aromatic heterocycles. The lowest BCUT2D eigenvalue weighted by Crippen LogP contribution is -2.25. The van der Waals surface area contributed by atoms with Crippen LogP contribution in [0.1, 0.15) is 10.4 Å². The second-order valence-corrected chi connectivity index (χ2v) is 6.43. The van der Waals surface area contributed by atoms with Crippen LogP contribution in [0.15, 0.2) is 40.3 Å². The Kier molecular flexibility index (Phi) is 5.54. The number of H-pyrrole nitrogens is 1. The molecule has 3 aromatic rings. The van der Waals surface area contributed by atoms with Gasteiger partial charge in [0, 0.05) is 24.4 Å². The summed E-state index contributed by atoms with van der Waals surface area (Å²) in [4.78, 5) is 34.8. The summed E-state index contributed by atoms with van der Waals surface area (Å²) in [6.45, 7) is 0.538. The molecule has 0 atom stereocenters. The first-order chi connectivity index (χ1) is 12.6. The molecule has 3 rings (SSSR count). The van der Waals surface area contributed by atoms with Gasteiger partial charge in [-0.15, -0.1) is 0 Å². The number of aliphatic hydroxyl groups is 1. The van der Waals surface area contributed by atoms with Crippen molar-refractivity contribution < 1.29 is 9.90 Å². The molecule has 10 heteroatoms. The second kappa shape index (κ2) is 8.02. The number of nitrogen functional groups attached to an aromatic ring is 1. The first-order valence-electron chi connectivity index (χ1n) is 7.93. The predicted octanol–water partition coefficient (Wildman–Crippen LogP) is 0.216. The molecular formula is C16H18N6O3S. The number of hydrogen-bond acceptors (Lipinski definition) is 7. The zero-order chi connectivity index (χ0) is 18.5. The highest BCUT2D eigenvalue weighted by atomic mass is 32.2. The molecule has 0 bridgehead atoms. The number of aliphatic hydroxyl groups excluding tert-OH is 1. The Labute approximate surface area is 152 Å². The van der Waals surface area contributed by atoms with Crippen LogP contribution in [-0.4, -0.2) is 49.4 Å². The third kappa shape index (κ3) is 3.86. The third-order valence-electron chi connectivity index (χ3n) is 3.57. The Morgan fingerprint density at radius 1 is 1.31 bits per heavy atom. The number of nitrogens with two attached hydrogens (primary N) is 1. The van der Waals surface area contributed by atoms with Gasteiger partial charge < -0.3 is 20.7 Å². The fourth-order valence-electron chi connectivity index (χ4n) is 2.42. The van der Waals surface area contributed by atoms with Gasteiger partial charge in [0.1, 0.15) is 0 Å². The minimum Gasteiger partial charge on any atom is -0.395 e. The summed E-state index contributed by atoms with van der Waals surface area (Å²) in [5.74, 6) is 0.384. The van der Waals surface area contributed by atoms with E-state index in [1.807, 2.05) is 6.07 Å². The van der Waals surface area contributed by atoms with Crippen LogP contribution in [0.2, 0.25) is 0 Å². The number of hydrogen-bond donors (Lipinski definition) is 4. The molecule has 2 heterocycles. The summed E-state index contributed by atoms with van der Waals surface area (Å²) < 4.78 is 1.64. The summed E-state index contributed by atoms with van der Waals surface area (Å²) in [6, 6.07) is 8.94. The van der Waals surface area contributed by atoms with Gasteiger partial charge >= 0.3 is 0 Å². The molecule has 9 nitrogen and oxygen atoms in total. The Hall–Kier alpha value is -2.85. The standard InChI is InChI=1S/C16H18N6O3S/c17-15-20-12-11(14(25)21-15)19-16(22(12)7-8-23)26-9-6-18-13(24)10-4-2-1-3-5-10/h1-5,23H,6-9H2,(H,18,24)(H3,17,20,21,25). The van der Waals surface area contributed by atoms with Crippen LogP contribution in [0.3, 0.4) is 0 Å². The van der Waals surface area contributed by atoms with Crippen LogP contribution in [0.25, 0.3) is 11.2 Å². The van der Waals surface area contributed by atoms with Crippen LogP contribution in [-0.2, 0) is 6.54 Å². The average Bonchev–Trinajstić information content (AvgIpc) is 2.98. The van der Waals surface area contributed by atoms with Crippen LogP contribution >= 0.6 is 11.8 Å².